The quantitative estimate of drug-likeness (QED) is 0.254. The Morgan fingerprint density at radius 2 is 1.64 bits per heavy atom. The third-order valence-electron chi connectivity index (χ3n) is 7.66. The molecule has 0 radical (unpaired) electrons. The van der Waals surface area contributed by atoms with Crippen LogP contribution >= 0.6 is 0 Å². The van der Waals surface area contributed by atoms with Crippen molar-refractivity contribution in [3.05, 3.63) is 76.2 Å². The average Bonchev–Trinajstić information content (AvgIpc) is 3.31. The van der Waals surface area contributed by atoms with E-state index in [9.17, 15) is 24.0 Å². The SMILES string of the molecule is COc1c(C(=O)NC2CCN(C(=O)COC(C)=O)CC2)n(C)c2c1c(=O)n(CC(=O)c1ccccc1)c1ccccc21. The Morgan fingerprint density at radius 1 is 0.976 bits per heavy atom. The maximum atomic E-state index is 14.0. The summed E-state index contributed by atoms with van der Waals surface area (Å²) in [5.41, 5.74) is 1.36. The minimum atomic E-state index is -0.517. The highest BCUT2D eigenvalue weighted by Gasteiger charge is 2.30. The number of fused-ring (bicyclic) bond motifs is 3. The smallest absolute Gasteiger partial charge is 0.303 e. The lowest BCUT2D eigenvalue weighted by atomic mass is 10.0. The van der Waals surface area contributed by atoms with Crippen LogP contribution in [-0.4, -0.2) is 70.4 Å². The number of carbonyl (C=O) groups is 4. The number of aryl methyl sites for hydroxylation is 1. The summed E-state index contributed by atoms with van der Waals surface area (Å²) in [6, 6.07) is 15.8. The van der Waals surface area contributed by atoms with Gasteiger partial charge in [-0.15, -0.1) is 0 Å². The van der Waals surface area contributed by atoms with E-state index in [1.54, 1.807) is 52.9 Å². The summed E-state index contributed by atoms with van der Waals surface area (Å²) in [5.74, 6) is -1.29. The second kappa shape index (κ2) is 11.9. The summed E-state index contributed by atoms with van der Waals surface area (Å²) >= 11 is 0. The van der Waals surface area contributed by atoms with Gasteiger partial charge in [-0.05, 0) is 18.9 Å². The standard InChI is InChI=1S/C31H32N4O7/c1-19(36)42-18-25(38)34-15-13-21(14-16-34)32-30(39)28-29(41-3)26-27(33(28)2)22-11-7-8-12-23(22)35(31(26)40)17-24(37)20-9-5-4-6-10-20/h4-12,21H,13-18H2,1-3H3,(H,32,39). The summed E-state index contributed by atoms with van der Waals surface area (Å²) in [6.07, 6.45) is 1.03. The lowest BCUT2D eigenvalue weighted by Gasteiger charge is -2.32. The van der Waals surface area contributed by atoms with Gasteiger partial charge in [0.2, 0.25) is 0 Å². The number of amides is 2. The van der Waals surface area contributed by atoms with Crippen LogP contribution < -0.4 is 15.6 Å². The van der Waals surface area contributed by atoms with Crippen molar-refractivity contribution in [3.63, 3.8) is 0 Å². The van der Waals surface area contributed by atoms with Crippen molar-refractivity contribution in [1.82, 2.24) is 19.4 Å². The molecular weight excluding hydrogens is 540 g/mol. The van der Waals surface area contributed by atoms with Crippen LogP contribution in [0.2, 0.25) is 0 Å². The van der Waals surface area contributed by atoms with Gasteiger partial charge in [-0.25, -0.2) is 0 Å². The van der Waals surface area contributed by atoms with Gasteiger partial charge in [0, 0.05) is 44.1 Å². The number of piperidine rings is 1. The molecule has 11 heteroatoms. The zero-order chi connectivity index (χ0) is 30.0. The number of esters is 1. The first-order chi connectivity index (χ1) is 20.2. The zero-order valence-corrected chi connectivity index (χ0v) is 23.7. The summed E-state index contributed by atoms with van der Waals surface area (Å²) in [4.78, 5) is 65.7. The highest BCUT2D eigenvalue weighted by molar-refractivity contribution is 6.12. The fraction of sp³-hybridized carbons (Fsp3) is 0.323. The van der Waals surface area contributed by atoms with Gasteiger partial charge in [0.05, 0.1) is 24.7 Å². The van der Waals surface area contributed by atoms with E-state index in [-0.39, 0.29) is 47.7 Å². The number of hydrogen-bond acceptors (Lipinski definition) is 7. The van der Waals surface area contributed by atoms with Gasteiger partial charge in [-0.2, -0.15) is 0 Å². The highest BCUT2D eigenvalue weighted by atomic mass is 16.5. The summed E-state index contributed by atoms with van der Waals surface area (Å²) in [5, 5.41) is 3.95. The molecule has 1 aliphatic heterocycles. The number of para-hydroxylation sites is 1. The Kier molecular flexibility index (Phi) is 8.10. The Labute approximate surface area is 241 Å². The van der Waals surface area contributed by atoms with Crippen LogP contribution in [0.25, 0.3) is 21.8 Å². The Hall–Kier alpha value is -4.93. The van der Waals surface area contributed by atoms with E-state index in [2.05, 4.69) is 5.32 Å². The number of carbonyl (C=O) groups excluding carboxylic acids is 4. The van der Waals surface area contributed by atoms with Crippen LogP contribution in [0.3, 0.4) is 0 Å². The number of nitrogens with zero attached hydrogens (tertiary/aromatic N) is 3. The molecule has 1 fully saturated rings. The van der Waals surface area contributed by atoms with Gasteiger partial charge in [-0.1, -0.05) is 48.5 Å². The number of hydrogen-bond donors (Lipinski definition) is 1. The van der Waals surface area contributed by atoms with Crippen molar-refractivity contribution in [2.45, 2.75) is 32.4 Å². The maximum Gasteiger partial charge on any atom is 0.303 e. The molecule has 1 N–H and O–H groups in total. The summed E-state index contributed by atoms with van der Waals surface area (Å²) < 4.78 is 13.6. The van der Waals surface area contributed by atoms with Gasteiger partial charge in [-0.3, -0.25) is 28.5 Å². The van der Waals surface area contributed by atoms with Crippen molar-refractivity contribution in [2.75, 3.05) is 26.8 Å². The molecular formula is C31H32N4O7. The van der Waals surface area contributed by atoms with Crippen LogP contribution in [0.4, 0.5) is 0 Å². The molecule has 1 saturated heterocycles. The third-order valence-corrected chi connectivity index (χ3v) is 7.66. The normalized spacial score (nSPS) is 13.7. The van der Waals surface area contributed by atoms with Gasteiger partial charge < -0.3 is 24.3 Å². The van der Waals surface area contributed by atoms with Gasteiger partial charge >= 0.3 is 5.97 Å². The molecule has 1 aliphatic rings. The van der Waals surface area contributed by atoms with Crippen LogP contribution in [0.1, 0.15) is 40.6 Å². The predicted octanol–water partition coefficient (Wildman–Crippen LogP) is 2.67. The molecule has 0 unspecified atom stereocenters. The van der Waals surface area contributed by atoms with Crippen molar-refractivity contribution in [3.8, 4) is 5.75 Å². The monoisotopic (exact) mass is 572 g/mol. The van der Waals surface area contributed by atoms with Crippen LogP contribution in [-0.2, 0) is 27.9 Å². The fourth-order valence-electron chi connectivity index (χ4n) is 5.58. The first kappa shape index (κ1) is 28.6. The molecule has 2 aromatic carbocycles. The molecule has 0 atom stereocenters. The molecule has 0 aliphatic carbocycles. The fourth-order valence-corrected chi connectivity index (χ4v) is 5.58. The number of benzene rings is 2. The van der Waals surface area contributed by atoms with Crippen molar-refractivity contribution < 1.29 is 28.7 Å². The van der Waals surface area contributed by atoms with Crippen LogP contribution in [0.5, 0.6) is 5.75 Å². The van der Waals surface area contributed by atoms with Crippen molar-refractivity contribution in [2.24, 2.45) is 7.05 Å². The maximum absolute atomic E-state index is 14.0. The van der Waals surface area contributed by atoms with Crippen LogP contribution in [0, 0.1) is 0 Å². The number of nitrogens with one attached hydrogen (secondary N) is 1. The molecule has 42 heavy (non-hydrogen) atoms. The number of likely N-dealkylation sites (tertiary alicyclic amines) is 1. The van der Waals surface area contributed by atoms with Gasteiger partial charge in [0.1, 0.15) is 5.39 Å². The topological polar surface area (TPSA) is 129 Å². The third kappa shape index (κ3) is 5.37. The van der Waals surface area contributed by atoms with Crippen LogP contribution in [0.15, 0.2) is 59.4 Å². The molecule has 0 spiro atoms. The number of pyridine rings is 1. The molecule has 0 saturated carbocycles. The molecule has 218 valence electrons. The summed E-state index contributed by atoms with van der Waals surface area (Å²) in [7, 11) is 3.12. The second-order valence-corrected chi connectivity index (χ2v) is 10.3. The predicted molar refractivity (Wildman–Crippen MR) is 156 cm³/mol. The zero-order valence-electron chi connectivity index (χ0n) is 23.7. The number of Topliss-reactive ketones (excluding diaryl/α,β-unsaturated/α-hetero) is 1. The van der Waals surface area contributed by atoms with Crippen molar-refractivity contribution in [1.29, 1.82) is 0 Å². The van der Waals surface area contributed by atoms with Gasteiger partial charge in [0.15, 0.2) is 23.8 Å². The van der Waals surface area contributed by atoms with E-state index in [0.717, 1.165) is 0 Å². The second-order valence-electron chi connectivity index (χ2n) is 10.3. The number of rotatable bonds is 8. The number of methoxy groups -OCH3 is 1. The van der Waals surface area contributed by atoms with E-state index in [4.69, 9.17) is 9.47 Å². The minimum Gasteiger partial charge on any atom is -0.493 e. The molecule has 3 heterocycles. The Balaban J connectivity index is 1.47. The lowest BCUT2D eigenvalue weighted by molar-refractivity contribution is -0.150. The number of ketones is 1. The highest BCUT2D eigenvalue weighted by Crippen LogP contribution is 2.35. The van der Waals surface area contributed by atoms with E-state index in [1.165, 1.54) is 18.6 Å². The largest absolute Gasteiger partial charge is 0.493 e. The molecule has 2 amide bonds. The lowest BCUT2D eigenvalue weighted by Crippen LogP contribution is -2.47. The molecule has 2 aromatic heterocycles. The molecule has 5 rings (SSSR count). The van der Waals surface area contributed by atoms with E-state index < -0.39 is 17.4 Å². The molecule has 11 nitrogen and oxygen atoms in total. The van der Waals surface area contributed by atoms with E-state index >= 15 is 0 Å². The van der Waals surface area contributed by atoms with Gasteiger partial charge in [0.25, 0.3) is 17.4 Å². The Morgan fingerprint density at radius 3 is 2.31 bits per heavy atom. The Bertz CT molecular complexity index is 1750. The number of aromatic nitrogens is 2. The molecule has 4 aromatic rings. The van der Waals surface area contributed by atoms with Crippen molar-refractivity contribution >= 4 is 45.4 Å². The first-order valence-electron chi connectivity index (χ1n) is 13.7. The average molecular weight is 573 g/mol. The van der Waals surface area contributed by atoms with E-state index in [0.29, 0.717) is 47.9 Å². The number of ether oxygens (including phenoxy) is 2. The van der Waals surface area contributed by atoms with E-state index in [1.807, 2.05) is 18.2 Å². The summed E-state index contributed by atoms with van der Waals surface area (Å²) in [6.45, 7) is 1.58. The minimum absolute atomic E-state index is 0.135. The first-order valence-corrected chi connectivity index (χ1v) is 13.7. The molecule has 0 bridgehead atoms.